The van der Waals surface area contributed by atoms with Gasteiger partial charge in [-0.05, 0) is 80.5 Å². The van der Waals surface area contributed by atoms with Crippen LogP contribution >= 0.6 is 0 Å². The molecule has 0 amide bonds. The highest BCUT2D eigenvalue weighted by atomic mass is 16.5. The number of carbonyl (C=O) groups excluding carboxylic acids is 2. The Labute approximate surface area is 185 Å². The molecular weight excluding hydrogens is 396 g/mol. The Morgan fingerprint density at radius 1 is 0.871 bits per heavy atom. The molecule has 0 unspecified atom stereocenters. The van der Waals surface area contributed by atoms with E-state index in [1.165, 1.54) is 13.8 Å². The Hall–Kier alpha value is -1.59. The molecule has 4 aliphatic carbocycles. The highest BCUT2D eigenvalue weighted by Crippen LogP contribution is 2.67. The molecule has 0 spiro atoms. The highest BCUT2D eigenvalue weighted by molar-refractivity contribution is 5.68. The molecule has 6 nitrogen and oxygen atoms in total. The maximum atomic E-state index is 11.9. The summed E-state index contributed by atoms with van der Waals surface area (Å²) in [6, 6.07) is 0. The number of carboxylic acids is 1. The number of fused-ring (bicyclic) bond motifs is 5. The second-order valence-corrected chi connectivity index (χ2v) is 11.3. The van der Waals surface area contributed by atoms with Crippen molar-refractivity contribution in [1.29, 1.82) is 0 Å². The van der Waals surface area contributed by atoms with Crippen molar-refractivity contribution in [3.63, 3.8) is 0 Å². The third kappa shape index (κ3) is 3.89. The van der Waals surface area contributed by atoms with Crippen LogP contribution in [0.4, 0.5) is 0 Å². The second kappa shape index (κ2) is 8.08. The van der Waals surface area contributed by atoms with Crippen LogP contribution in [0.3, 0.4) is 0 Å². The molecule has 1 N–H and O–H groups in total. The summed E-state index contributed by atoms with van der Waals surface area (Å²) in [7, 11) is 0. The quantitative estimate of drug-likeness (QED) is 0.651. The van der Waals surface area contributed by atoms with Gasteiger partial charge in [-0.1, -0.05) is 13.8 Å². The molecule has 4 saturated carbocycles. The molecule has 0 aromatic carbocycles. The van der Waals surface area contributed by atoms with E-state index in [9.17, 15) is 19.5 Å². The second-order valence-electron chi connectivity index (χ2n) is 11.3. The van der Waals surface area contributed by atoms with Crippen LogP contribution in [-0.2, 0) is 23.9 Å². The summed E-state index contributed by atoms with van der Waals surface area (Å²) in [5, 5.41) is 9.48. The number of rotatable bonds is 4. The van der Waals surface area contributed by atoms with Gasteiger partial charge in [-0.3, -0.25) is 14.4 Å². The van der Waals surface area contributed by atoms with E-state index < -0.39 is 5.97 Å². The molecule has 0 aliphatic heterocycles. The first-order valence-corrected chi connectivity index (χ1v) is 12.1. The number of esters is 2. The van der Waals surface area contributed by atoms with Gasteiger partial charge >= 0.3 is 17.9 Å². The molecule has 4 aliphatic rings. The van der Waals surface area contributed by atoms with Crippen molar-refractivity contribution in [2.24, 2.45) is 40.4 Å². The lowest BCUT2D eigenvalue weighted by atomic mass is 9.45. The van der Waals surface area contributed by atoms with Gasteiger partial charge in [0.2, 0.25) is 0 Å². The molecule has 0 heterocycles. The standard InChI is InChI=1S/C25H38O6/c1-14(26)30-18-7-9-24(3)17(13-18)5-6-19-20(24)8-10-25(4)21(19)11-16(12-22(28)29)23(25)31-15(2)27/h16-21,23H,5-13H2,1-4H3,(H,28,29)/t16-,17-,18+,19-,20+,21+,23+,24+,25+/m1/s1. The van der Waals surface area contributed by atoms with Gasteiger partial charge in [0.1, 0.15) is 12.2 Å². The molecule has 9 atom stereocenters. The van der Waals surface area contributed by atoms with E-state index >= 15 is 0 Å². The fourth-order valence-electron chi connectivity index (χ4n) is 8.52. The smallest absolute Gasteiger partial charge is 0.303 e. The lowest BCUT2D eigenvalue weighted by Crippen LogP contribution is -2.55. The lowest BCUT2D eigenvalue weighted by molar-refractivity contribution is -0.170. The summed E-state index contributed by atoms with van der Waals surface area (Å²) in [5.74, 6) is 0.777. The summed E-state index contributed by atoms with van der Waals surface area (Å²) in [4.78, 5) is 34.9. The Morgan fingerprint density at radius 2 is 1.55 bits per heavy atom. The van der Waals surface area contributed by atoms with Gasteiger partial charge in [-0.15, -0.1) is 0 Å². The predicted octanol–water partition coefficient (Wildman–Crippen LogP) is 4.59. The number of carboxylic acid groups (broad SMARTS) is 1. The van der Waals surface area contributed by atoms with Crippen molar-refractivity contribution in [3.8, 4) is 0 Å². The monoisotopic (exact) mass is 434 g/mol. The Morgan fingerprint density at radius 3 is 2.19 bits per heavy atom. The van der Waals surface area contributed by atoms with Crippen molar-refractivity contribution in [3.05, 3.63) is 0 Å². The third-order valence-corrected chi connectivity index (χ3v) is 9.75. The molecule has 0 aromatic heterocycles. The topological polar surface area (TPSA) is 89.9 Å². The summed E-state index contributed by atoms with van der Waals surface area (Å²) in [5.41, 5.74) is 0.119. The van der Waals surface area contributed by atoms with Crippen LogP contribution in [0.25, 0.3) is 0 Å². The molecule has 0 bridgehead atoms. The summed E-state index contributed by atoms with van der Waals surface area (Å²) >= 11 is 0. The number of ether oxygens (including phenoxy) is 2. The fourth-order valence-corrected chi connectivity index (χ4v) is 8.52. The van der Waals surface area contributed by atoms with Crippen molar-refractivity contribution in [2.45, 2.75) is 97.7 Å². The lowest BCUT2D eigenvalue weighted by Gasteiger charge is -2.60. The predicted molar refractivity (Wildman–Crippen MR) is 114 cm³/mol. The minimum Gasteiger partial charge on any atom is -0.481 e. The third-order valence-electron chi connectivity index (χ3n) is 9.75. The first-order chi connectivity index (χ1) is 14.5. The van der Waals surface area contributed by atoms with E-state index in [0.29, 0.717) is 23.7 Å². The molecule has 4 fully saturated rings. The van der Waals surface area contributed by atoms with E-state index in [2.05, 4.69) is 13.8 Å². The number of carbonyl (C=O) groups is 3. The molecule has 4 rings (SSSR count). The summed E-state index contributed by atoms with van der Waals surface area (Å²) in [6.07, 6.45) is 8.07. The largest absolute Gasteiger partial charge is 0.481 e. The zero-order valence-corrected chi connectivity index (χ0v) is 19.4. The number of aliphatic carboxylic acids is 1. The minimum absolute atomic E-state index is 0.0563. The van der Waals surface area contributed by atoms with Gasteiger partial charge in [0, 0.05) is 25.2 Å². The van der Waals surface area contributed by atoms with E-state index in [1.54, 1.807) is 0 Å². The molecule has 0 radical (unpaired) electrons. The maximum Gasteiger partial charge on any atom is 0.303 e. The van der Waals surface area contributed by atoms with Crippen LogP contribution in [0.5, 0.6) is 0 Å². The van der Waals surface area contributed by atoms with Crippen LogP contribution in [0.2, 0.25) is 0 Å². The van der Waals surface area contributed by atoms with Crippen molar-refractivity contribution in [2.75, 3.05) is 0 Å². The van der Waals surface area contributed by atoms with Crippen molar-refractivity contribution < 1.29 is 29.0 Å². The SMILES string of the molecule is CC(=O)O[C@H]1CC[C@@]2(C)[C@H](CC[C@@H]3[C@@H]2CC[C@@]2(C)[C@H]3C[C@H](CC(=O)O)[C@@H]2OC(C)=O)C1. The summed E-state index contributed by atoms with van der Waals surface area (Å²) in [6.45, 7) is 7.64. The Balaban J connectivity index is 1.56. The van der Waals surface area contributed by atoms with E-state index in [0.717, 1.165) is 51.4 Å². The average molecular weight is 435 g/mol. The molecule has 0 saturated heterocycles. The normalized spacial score (nSPS) is 46.3. The van der Waals surface area contributed by atoms with Gasteiger partial charge in [0.15, 0.2) is 0 Å². The first kappa shape index (κ1) is 22.6. The molecule has 0 aromatic rings. The molecule has 174 valence electrons. The first-order valence-electron chi connectivity index (χ1n) is 12.1. The Kier molecular flexibility index (Phi) is 5.89. The number of hydrogen-bond donors (Lipinski definition) is 1. The van der Waals surface area contributed by atoms with Gasteiger partial charge in [-0.25, -0.2) is 0 Å². The maximum absolute atomic E-state index is 11.9. The van der Waals surface area contributed by atoms with Gasteiger partial charge in [0.05, 0.1) is 6.42 Å². The van der Waals surface area contributed by atoms with Crippen LogP contribution in [0, 0.1) is 40.4 Å². The molecular formula is C25H38O6. The fraction of sp³-hybridized carbons (Fsp3) is 0.880. The number of hydrogen-bond acceptors (Lipinski definition) is 5. The van der Waals surface area contributed by atoms with Gasteiger partial charge < -0.3 is 14.6 Å². The van der Waals surface area contributed by atoms with Gasteiger partial charge in [0.25, 0.3) is 0 Å². The molecule has 31 heavy (non-hydrogen) atoms. The van der Waals surface area contributed by atoms with Crippen LogP contribution in [0.15, 0.2) is 0 Å². The highest BCUT2D eigenvalue weighted by Gasteiger charge is 2.63. The van der Waals surface area contributed by atoms with Gasteiger partial charge in [-0.2, -0.15) is 0 Å². The zero-order chi connectivity index (χ0) is 22.6. The Bertz CT molecular complexity index is 748. The molecule has 6 heteroatoms. The van der Waals surface area contributed by atoms with E-state index in [4.69, 9.17) is 9.47 Å². The van der Waals surface area contributed by atoms with Crippen LogP contribution in [-0.4, -0.2) is 35.2 Å². The van der Waals surface area contributed by atoms with Crippen LogP contribution < -0.4 is 0 Å². The summed E-state index contributed by atoms with van der Waals surface area (Å²) < 4.78 is 11.4. The van der Waals surface area contributed by atoms with E-state index in [-0.39, 0.29) is 47.3 Å². The minimum atomic E-state index is -0.805. The van der Waals surface area contributed by atoms with Crippen LogP contribution in [0.1, 0.15) is 85.5 Å². The van der Waals surface area contributed by atoms with Crippen molar-refractivity contribution in [1.82, 2.24) is 0 Å². The average Bonchev–Trinajstić information content (AvgIpc) is 2.92. The van der Waals surface area contributed by atoms with Crippen molar-refractivity contribution >= 4 is 17.9 Å². The zero-order valence-electron chi connectivity index (χ0n) is 19.4. The van der Waals surface area contributed by atoms with E-state index in [1.807, 2.05) is 0 Å².